The Balaban J connectivity index is 2.06. The molecular formula is C16H16Cl2N2. The molecule has 1 aromatic carbocycles. The molecule has 0 N–H and O–H groups in total. The van der Waals surface area contributed by atoms with Crippen LogP contribution in [0, 0.1) is 5.41 Å². The monoisotopic (exact) mass is 306 g/mol. The Hall–Kier alpha value is -0.860. The van der Waals surface area contributed by atoms with Crippen molar-refractivity contribution in [1.29, 1.82) is 0 Å². The number of nitrogens with zero attached hydrogens (tertiary/aromatic N) is 2. The van der Waals surface area contributed by atoms with Crippen LogP contribution in [0.4, 0.5) is 0 Å². The van der Waals surface area contributed by atoms with Gasteiger partial charge in [-0.1, -0.05) is 44.0 Å². The number of fused-ring (bicyclic) bond motifs is 6. The molecule has 2 aliphatic carbocycles. The first-order chi connectivity index (χ1) is 9.34. The first-order valence-corrected chi connectivity index (χ1v) is 7.77. The second-order valence-corrected chi connectivity index (χ2v) is 7.67. The van der Waals surface area contributed by atoms with E-state index in [2.05, 4.69) is 20.8 Å². The highest BCUT2D eigenvalue weighted by Crippen LogP contribution is 2.66. The summed E-state index contributed by atoms with van der Waals surface area (Å²) in [7, 11) is 0. The Morgan fingerprint density at radius 3 is 2.30 bits per heavy atom. The summed E-state index contributed by atoms with van der Waals surface area (Å²) < 4.78 is 0. The normalized spacial score (nSPS) is 29.9. The van der Waals surface area contributed by atoms with E-state index < -0.39 is 0 Å². The number of hydrogen-bond donors (Lipinski definition) is 0. The zero-order valence-electron chi connectivity index (χ0n) is 11.8. The molecule has 0 aliphatic heterocycles. The van der Waals surface area contributed by atoms with Gasteiger partial charge in [0.15, 0.2) is 0 Å². The molecule has 1 fully saturated rings. The van der Waals surface area contributed by atoms with Gasteiger partial charge in [0.25, 0.3) is 0 Å². The lowest BCUT2D eigenvalue weighted by atomic mass is 9.70. The number of aromatic nitrogens is 2. The summed E-state index contributed by atoms with van der Waals surface area (Å²) in [6.45, 7) is 7.02. The van der Waals surface area contributed by atoms with E-state index in [1.807, 2.05) is 12.1 Å². The highest BCUT2D eigenvalue weighted by atomic mass is 35.5. The van der Waals surface area contributed by atoms with Gasteiger partial charge in [0.2, 0.25) is 0 Å². The standard InChI is InChI=1S/C16H16Cl2N2/c1-15(2)8-4-5-16(15,3)14-13(8)19-11-6-9(17)10(18)7-12(11)20-14/h6-8H,4-5H2,1-3H3/t8-,16+/m1/s1. The van der Waals surface area contributed by atoms with Crippen LogP contribution < -0.4 is 0 Å². The van der Waals surface area contributed by atoms with Crippen molar-refractivity contribution in [2.24, 2.45) is 5.41 Å². The Morgan fingerprint density at radius 2 is 1.65 bits per heavy atom. The van der Waals surface area contributed by atoms with Crippen molar-refractivity contribution in [2.75, 3.05) is 0 Å². The molecule has 2 aliphatic rings. The van der Waals surface area contributed by atoms with Gasteiger partial charge < -0.3 is 0 Å². The van der Waals surface area contributed by atoms with Crippen molar-refractivity contribution in [1.82, 2.24) is 9.97 Å². The average Bonchev–Trinajstić information content (AvgIpc) is 2.69. The van der Waals surface area contributed by atoms with Crippen molar-refractivity contribution in [3.63, 3.8) is 0 Å². The molecule has 104 valence electrons. The number of rotatable bonds is 0. The molecule has 2 aromatic rings. The largest absolute Gasteiger partial charge is 0.249 e. The Kier molecular flexibility index (Phi) is 2.35. The van der Waals surface area contributed by atoms with Gasteiger partial charge in [0.1, 0.15) is 0 Å². The minimum Gasteiger partial charge on any atom is -0.249 e. The van der Waals surface area contributed by atoms with E-state index in [1.165, 1.54) is 24.2 Å². The molecule has 2 atom stereocenters. The van der Waals surface area contributed by atoms with E-state index in [4.69, 9.17) is 33.2 Å². The van der Waals surface area contributed by atoms with Gasteiger partial charge in [-0.05, 0) is 30.4 Å². The molecule has 20 heavy (non-hydrogen) atoms. The number of benzene rings is 1. The fourth-order valence-corrected chi connectivity index (χ4v) is 4.43. The van der Waals surface area contributed by atoms with E-state index in [0.717, 1.165) is 11.0 Å². The molecule has 0 unspecified atom stereocenters. The average molecular weight is 307 g/mol. The molecule has 4 rings (SSSR count). The van der Waals surface area contributed by atoms with Crippen LogP contribution in [0.1, 0.15) is 50.9 Å². The molecule has 1 aromatic heterocycles. The minimum absolute atomic E-state index is 0.125. The Bertz CT molecular complexity index is 754. The summed E-state index contributed by atoms with van der Waals surface area (Å²) in [5, 5.41) is 1.09. The summed E-state index contributed by atoms with van der Waals surface area (Å²) in [5.41, 5.74) is 4.40. The van der Waals surface area contributed by atoms with Crippen molar-refractivity contribution in [2.45, 2.75) is 44.9 Å². The van der Waals surface area contributed by atoms with E-state index in [9.17, 15) is 0 Å². The first-order valence-electron chi connectivity index (χ1n) is 7.02. The minimum atomic E-state index is 0.125. The molecule has 1 heterocycles. The van der Waals surface area contributed by atoms with Crippen LogP contribution in [0.25, 0.3) is 11.0 Å². The van der Waals surface area contributed by atoms with Crippen LogP contribution >= 0.6 is 23.2 Å². The lowest BCUT2D eigenvalue weighted by molar-refractivity contribution is 0.227. The smallest absolute Gasteiger partial charge is 0.0906 e. The predicted octanol–water partition coefficient (Wildman–Crippen LogP) is 5.11. The van der Waals surface area contributed by atoms with Gasteiger partial charge in [-0.3, -0.25) is 0 Å². The molecule has 0 radical (unpaired) electrons. The van der Waals surface area contributed by atoms with E-state index in [0.29, 0.717) is 16.0 Å². The molecule has 4 heteroatoms. The van der Waals surface area contributed by atoms with E-state index in [1.54, 1.807) is 0 Å². The summed E-state index contributed by atoms with van der Waals surface area (Å²) in [4.78, 5) is 9.78. The van der Waals surface area contributed by atoms with Crippen molar-refractivity contribution >= 4 is 34.2 Å². The lowest BCUT2D eigenvalue weighted by Crippen LogP contribution is -2.31. The fraction of sp³-hybridized carbons (Fsp3) is 0.500. The summed E-state index contributed by atoms with van der Waals surface area (Å²) in [6.07, 6.45) is 2.40. The van der Waals surface area contributed by atoms with Crippen LogP contribution in [-0.2, 0) is 5.41 Å². The van der Waals surface area contributed by atoms with Gasteiger partial charge in [0.05, 0.1) is 32.5 Å². The summed E-state index contributed by atoms with van der Waals surface area (Å²) in [5.74, 6) is 0.508. The molecule has 0 spiro atoms. The lowest BCUT2D eigenvalue weighted by Gasteiger charge is -2.34. The molecule has 2 nitrogen and oxygen atoms in total. The van der Waals surface area contributed by atoms with Gasteiger partial charge >= 0.3 is 0 Å². The van der Waals surface area contributed by atoms with E-state index in [-0.39, 0.29) is 10.8 Å². The highest BCUT2D eigenvalue weighted by molar-refractivity contribution is 6.42. The molecule has 1 saturated carbocycles. The Labute approximate surface area is 128 Å². The van der Waals surface area contributed by atoms with Crippen LogP contribution in [0.5, 0.6) is 0 Å². The molecular weight excluding hydrogens is 291 g/mol. The third-order valence-corrected chi connectivity index (χ3v) is 6.53. The van der Waals surface area contributed by atoms with Crippen molar-refractivity contribution in [3.05, 3.63) is 33.6 Å². The highest BCUT2D eigenvalue weighted by Gasteiger charge is 2.61. The second-order valence-electron chi connectivity index (χ2n) is 6.86. The zero-order valence-corrected chi connectivity index (χ0v) is 13.3. The van der Waals surface area contributed by atoms with Crippen LogP contribution in [-0.4, -0.2) is 9.97 Å². The van der Waals surface area contributed by atoms with Crippen LogP contribution in [0.3, 0.4) is 0 Å². The maximum Gasteiger partial charge on any atom is 0.0906 e. The Morgan fingerprint density at radius 1 is 1.05 bits per heavy atom. The predicted molar refractivity (Wildman–Crippen MR) is 82.7 cm³/mol. The molecule has 0 amide bonds. The topological polar surface area (TPSA) is 25.8 Å². The number of hydrogen-bond acceptors (Lipinski definition) is 2. The van der Waals surface area contributed by atoms with Gasteiger partial charge in [-0.25, -0.2) is 9.97 Å². The zero-order chi connectivity index (χ0) is 14.3. The maximum atomic E-state index is 6.11. The summed E-state index contributed by atoms with van der Waals surface area (Å²) >= 11 is 12.2. The summed E-state index contributed by atoms with van der Waals surface area (Å²) in [6, 6.07) is 3.66. The maximum absolute atomic E-state index is 6.11. The fourth-order valence-electron chi connectivity index (χ4n) is 4.12. The number of halogens is 2. The van der Waals surface area contributed by atoms with Crippen LogP contribution in [0.2, 0.25) is 10.0 Å². The second kappa shape index (κ2) is 3.66. The quantitative estimate of drug-likeness (QED) is 0.676. The molecule has 2 bridgehead atoms. The van der Waals surface area contributed by atoms with Crippen molar-refractivity contribution in [3.8, 4) is 0 Å². The van der Waals surface area contributed by atoms with Gasteiger partial charge in [-0.15, -0.1) is 0 Å². The van der Waals surface area contributed by atoms with Gasteiger partial charge in [-0.2, -0.15) is 0 Å². The molecule has 0 saturated heterocycles. The third-order valence-electron chi connectivity index (χ3n) is 5.81. The SMILES string of the molecule is CC1(C)[C@@H]2CC[C@@]1(C)c1nc3cc(Cl)c(Cl)cc3nc12. The van der Waals surface area contributed by atoms with E-state index >= 15 is 0 Å². The first kappa shape index (κ1) is 12.8. The third kappa shape index (κ3) is 1.32. The van der Waals surface area contributed by atoms with Crippen LogP contribution in [0.15, 0.2) is 12.1 Å². The van der Waals surface area contributed by atoms with Crippen molar-refractivity contribution < 1.29 is 0 Å². The van der Waals surface area contributed by atoms with Gasteiger partial charge in [0, 0.05) is 11.3 Å².